The summed E-state index contributed by atoms with van der Waals surface area (Å²) in [4.78, 5) is 11.9. The van der Waals surface area contributed by atoms with E-state index < -0.39 is 0 Å². The Bertz CT molecular complexity index is 650. The molecule has 0 bridgehead atoms. The molecule has 2 aromatic carbocycles. The van der Waals surface area contributed by atoms with E-state index in [0.29, 0.717) is 5.02 Å². The first-order chi connectivity index (χ1) is 9.54. The molecule has 2 aromatic rings. The van der Waals surface area contributed by atoms with Gasteiger partial charge in [-0.15, -0.1) is 0 Å². The number of carbonyl (C=O) groups excluding carboxylic acids is 1. The number of nitrogens with one attached hydrogen (secondary N) is 1. The van der Waals surface area contributed by atoms with Crippen LogP contribution in [-0.4, -0.2) is 5.91 Å². The minimum atomic E-state index is -0.149. The van der Waals surface area contributed by atoms with Gasteiger partial charge in [-0.3, -0.25) is 4.79 Å². The molecule has 0 aliphatic heterocycles. The standard InChI is InChI=1S/C16H13ClINO/c1-11-10-14(18)7-8-15(11)19-16(20)9-4-12-2-5-13(17)6-3-12/h2-10H,1H3,(H,19,20)/b9-4+. The van der Waals surface area contributed by atoms with Crippen molar-refractivity contribution in [3.63, 3.8) is 0 Å². The van der Waals surface area contributed by atoms with Gasteiger partial charge in [-0.2, -0.15) is 0 Å². The second kappa shape index (κ2) is 6.90. The predicted molar refractivity (Wildman–Crippen MR) is 93.0 cm³/mol. The number of aryl methyl sites for hydroxylation is 1. The van der Waals surface area contributed by atoms with E-state index in [0.717, 1.165) is 20.4 Å². The molecule has 0 aliphatic carbocycles. The molecule has 1 amide bonds. The highest BCUT2D eigenvalue weighted by Crippen LogP contribution is 2.17. The van der Waals surface area contributed by atoms with Crippen LogP contribution in [0.25, 0.3) is 6.08 Å². The molecule has 0 atom stereocenters. The quantitative estimate of drug-likeness (QED) is 0.579. The number of carbonyl (C=O) groups is 1. The van der Waals surface area contributed by atoms with E-state index in [-0.39, 0.29) is 5.91 Å². The zero-order valence-corrected chi connectivity index (χ0v) is 13.8. The average Bonchev–Trinajstić information content (AvgIpc) is 2.41. The predicted octanol–water partition coefficient (Wildman–Crippen LogP) is 4.90. The fraction of sp³-hybridized carbons (Fsp3) is 0.0625. The Labute approximate surface area is 137 Å². The Morgan fingerprint density at radius 1 is 1.20 bits per heavy atom. The highest BCUT2D eigenvalue weighted by molar-refractivity contribution is 14.1. The first kappa shape index (κ1) is 15.1. The van der Waals surface area contributed by atoms with Crippen LogP contribution in [0.3, 0.4) is 0 Å². The summed E-state index contributed by atoms with van der Waals surface area (Å²) >= 11 is 8.05. The first-order valence-electron chi connectivity index (χ1n) is 6.05. The summed E-state index contributed by atoms with van der Waals surface area (Å²) in [6, 6.07) is 13.2. The van der Waals surface area contributed by atoms with E-state index in [9.17, 15) is 4.79 Å². The molecule has 102 valence electrons. The minimum absolute atomic E-state index is 0.149. The van der Waals surface area contributed by atoms with Gasteiger partial charge in [-0.1, -0.05) is 23.7 Å². The lowest BCUT2D eigenvalue weighted by Crippen LogP contribution is -2.08. The van der Waals surface area contributed by atoms with Gasteiger partial charge in [-0.25, -0.2) is 0 Å². The zero-order chi connectivity index (χ0) is 14.5. The van der Waals surface area contributed by atoms with Crippen molar-refractivity contribution in [2.45, 2.75) is 6.92 Å². The normalized spacial score (nSPS) is 10.8. The molecule has 4 heteroatoms. The zero-order valence-electron chi connectivity index (χ0n) is 10.9. The van der Waals surface area contributed by atoms with E-state index in [2.05, 4.69) is 27.9 Å². The van der Waals surface area contributed by atoms with Gasteiger partial charge in [-0.05, 0) is 77.0 Å². The van der Waals surface area contributed by atoms with Gasteiger partial charge in [0.25, 0.3) is 0 Å². The van der Waals surface area contributed by atoms with Crippen molar-refractivity contribution in [2.75, 3.05) is 5.32 Å². The number of halogens is 2. The minimum Gasteiger partial charge on any atom is -0.322 e. The van der Waals surface area contributed by atoms with Gasteiger partial charge >= 0.3 is 0 Å². The summed E-state index contributed by atoms with van der Waals surface area (Å²) < 4.78 is 1.15. The molecule has 0 aromatic heterocycles. The Kier molecular flexibility index (Phi) is 5.20. The summed E-state index contributed by atoms with van der Waals surface area (Å²) in [5.41, 5.74) is 2.81. The van der Waals surface area contributed by atoms with E-state index in [1.165, 1.54) is 6.08 Å². The van der Waals surface area contributed by atoms with Crippen molar-refractivity contribution in [3.05, 3.63) is 68.3 Å². The Morgan fingerprint density at radius 3 is 2.55 bits per heavy atom. The molecule has 0 radical (unpaired) electrons. The Morgan fingerprint density at radius 2 is 1.90 bits per heavy atom. The molecule has 2 nitrogen and oxygen atoms in total. The van der Waals surface area contributed by atoms with Gasteiger partial charge in [0.05, 0.1) is 0 Å². The second-order valence-corrected chi connectivity index (χ2v) is 6.02. The van der Waals surface area contributed by atoms with Crippen molar-refractivity contribution >= 4 is 51.9 Å². The lowest BCUT2D eigenvalue weighted by Gasteiger charge is -2.06. The van der Waals surface area contributed by atoms with Crippen LogP contribution < -0.4 is 5.32 Å². The second-order valence-electron chi connectivity index (χ2n) is 4.33. The molecular formula is C16H13ClINO. The van der Waals surface area contributed by atoms with E-state index in [1.54, 1.807) is 18.2 Å². The maximum Gasteiger partial charge on any atom is 0.248 e. The Hall–Kier alpha value is -1.33. The number of rotatable bonds is 3. The van der Waals surface area contributed by atoms with E-state index in [4.69, 9.17) is 11.6 Å². The average molecular weight is 398 g/mol. The van der Waals surface area contributed by atoms with Gasteiger partial charge in [0.2, 0.25) is 5.91 Å². The van der Waals surface area contributed by atoms with Crippen LogP contribution in [-0.2, 0) is 4.79 Å². The summed E-state index contributed by atoms with van der Waals surface area (Å²) in [5.74, 6) is -0.149. The molecule has 0 aliphatic rings. The lowest BCUT2D eigenvalue weighted by molar-refractivity contribution is -0.111. The summed E-state index contributed by atoms with van der Waals surface area (Å²) in [5, 5.41) is 3.55. The fourth-order valence-corrected chi connectivity index (χ4v) is 2.46. The Balaban J connectivity index is 2.03. The number of hydrogen-bond acceptors (Lipinski definition) is 1. The van der Waals surface area contributed by atoms with Gasteiger partial charge in [0.15, 0.2) is 0 Å². The third-order valence-electron chi connectivity index (χ3n) is 2.74. The van der Waals surface area contributed by atoms with E-state index >= 15 is 0 Å². The lowest BCUT2D eigenvalue weighted by atomic mass is 10.2. The van der Waals surface area contributed by atoms with Gasteiger partial charge in [0, 0.05) is 20.4 Å². The maximum atomic E-state index is 11.9. The number of benzene rings is 2. The van der Waals surface area contributed by atoms with Crippen molar-refractivity contribution in [2.24, 2.45) is 0 Å². The van der Waals surface area contributed by atoms with Crippen LogP contribution in [0.2, 0.25) is 5.02 Å². The van der Waals surface area contributed by atoms with Crippen molar-refractivity contribution < 1.29 is 4.79 Å². The molecule has 0 unspecified atom stereocenters. The highest BCUT2D eigenvalue weighted by Gasteiger charge is 2.01. The van der Waals surface area contributed by atoms with Gasteiger partial charge < -0.3 is 5.32 Å². The van der Waals surface area contributed by atoms with Crippen molar-refractivity contribution in [1.82, 2.24) is 0 Å². The largest absolute Gasteiger partial charge is 0.322 e. The maximum absolute atomic E-state index is 11.9. The molecule has 2 rings (SSSR count). The van der Waals surface area contributed by atoms with Crippen LogP contribution in [0.15, 0.2) is 48.5 Å². The molecule has 0 spiro atoms. The molecule has 0 saturated heterocycles. The van der Waals surface area contributed by atoms with Crippen molar-refractivity contribution in [3.8, 4) is 0 Å². The molecule has 0 fully saturated rings. The van der Waals surface area contributed by atoms with Crippen LogP contribution in [0.5, 0.6) is 0 Å². The third-order valence-corrected chi connectivity index (χ3v) is 3.67. The smallest absolute Gasteiger partial charge is 0.248 e. The third kappa shape index (κ3) is 4.35. The summed E-state index contributed by atoms with van der Waals surface area (Å²) in [6.45, 7) is 1.97. The summed E-state index contributed by atoms with van der Waals surface area (Å²) in [7, 11) is 0. The molecular weight excluding hydrogens is 385 g/mol. The molecule has 20 heavy (non-hydrogen) atoms. The van der Waals surface area contributed by atoms with Gasteiger partial charge in [0.1, 0.15) is 0 Å². The number of hydrogen-bond donors (Lipinski definition) is 1. The SMILES string of the molecule is Cc1cc(I)ccc1NC(=O)/C=C/c1ccc(Cl)cc1. The first-order valence-corrected chi connectivity index (χ1v) is 7.51. The number of amides is 1. The molecule has 0 saturated carbocycles. The molecule has 1 N–H and O–H groups in total. The van der Waals surface area contributed by atoms with E-state index in [1.807, 2.05) is 37.3 Å². The highest BCUT2D eigenvalue weighted by atomic mass is 127. The van der Waals surface area contributed by atoms with Crippen LogP contribution in [0, 0.1) is 10.5 Å². The monoisotopic (exact) mass is 397 g/mol. The fourth-order valence-electron chi connectivity index (χ4n) is 1.69. The van der Waals surface area contributed by atoms with Crippen LogP contribution >= 0.6 is 34.2 Å². The van der Waals surface area contributed by atoms with Crippen molar-refractivity contribution in [1.29, 1.82) is 0 Å². The van der Waals surface area contributed by atoms with Crippen LogP contribution in [0.1, 0.15) is 11.1 Å². The number of anilines is 1. The topological polar surface area (TPSA) is 29.1 Å². The molecule has 0 heterocycles. The summed E-state index contributed by atoms with van der Waals surface area (Å²) in [6.07, 6.45) is 3.27. The van der Waals surface area contributed by atoms with Crippen LogP contribution in [0.4, 0.5) is 5.69 Å².